The molecule has 21 heavy (non-hydrogen) atoms. The van der Waals surface area contributed by atoms with Crippen molar-refractivity contribution < 1.29 is 17.9 Å². The second-order valence-electron chi connectivity index (χ2n) is 5.38. The van der Waals surface area contributed by atoms with E-state index in [2.05, 4.69) is 5.32 Å². The van der Waals surface area contributed by atoms with Crippen LogP contribution in [0.5, 0.6) is 5.75 Å². The molecule has 0 saturated carbocycles. The van der Waals surface area contributed by atoms with Crippen molar-refractivity contribution in [3.63, 3.8) is 0 Å². The summed E-state index contributed by atoms with van der Waals surface area (Å²) in [6.45, 7) is 1.53. The molecule has 1 aliphatic rings. The molecule has 0 bridgehead atoms. The standard InChI is InChI=1S/C14H16N2O4S/c1-14(6-7-21(18,19)10-14)16-13(17)9-20-12-4-2-11(8-15)3-5-12/h2-5H,6-7,9-10H2,1H3,(H,16,17). The molecule has 1 saturated heterocycles. The Balaban J connectivity index is 1.86. The summed E-state index contributed by atoms with van der Waals surface area (Å²) < 4.78 is 28.2. The zero-order valence-electron chi connectivity index (χ0n) is 11.6. The summed E-state index contributed by atoms with van der Waals surface area (Å²) in [5, 5.41) is 11.4. The molecule has 1 aromatic carbocycles. The molecule has 112 valence electrons. The van der Waals surface area contributed by atoms with Crippen LogP contribution >= 0.6 is 0 Å². The molecule has 0 radical (unpaired) electrons. The second kappa shape index (κ2) is 5.74. The van der Waals surface area contributed by atoms with E-state index in [-0.39, 0.29) is 24.0 Å². The van der Waals surface area contributed by atoms with Crippen LogP contribution in [0.3, 0.4) is 0 Å². The van der Waals surface area contributed by atoms with Crippen molar-refractivity contribution >= 4 is 15.7 Å². The third-order valence-electron chi connectivity index (χ3n) is 3.30. The minimum atomic E-state index is -3.06. The number of carbonyl (C=O) groups excluding carboxylic acids is 1. The minimum absolute atomic E-state index is 0.0391. The lowest BCUT2D eigenvalue weighted by Gasteiger charge is -2.23. The van der Waals surface area contributed by atoms with E-state index >= 15 is 0 Å². The predicted molar refractivity (Wildman–Crippen MR) is 76.5 cm³/mol. The van der Waals surface area contributed by atoms with Gasteiger partial charge in [0, 0.05) is 0 Å². The summed E-state index contributed by atoms with van der Waals surface area (Å²) in [6.07, 6.45) is 0.415. The van der Waals surface area contributed by atoms with Gasteiger partial charge >= 0.3 is 0 Å². The van der Waals surface area contributed by atoms with Gasteiger partial charge in [0.2, 0.25) is 0 Å². The molecule has 1 unspecified atom stereocenters. The number of nitrogens with one attached hydrogen (secondary N) is 1. The summed E-state index contributed by atoms with van der Waals surface area (Å²) in [4.78, 5) is 11.8. The van der Waals surface area contributed by atoms with Crippen LogP contribution in [0, 0.1) is 11.3 Å². The molecular weight excluding hydrogens is 292 g/mol. The van der Waals surface area contributed by atoms with Crippen molar-refractivity contribution in [2.75, 3.05) is 18.1 Å². The van der Waals surface area contributed by atoms with Crippen LogP contribution in [0.15, 0.2) is 24.3 Å². The van der Waals surface area contributed by atoms with Crippen molar-refractivity contribution in [3.8, 4) is 11.8 Å². The van der Waals surface area contributed by atoms with Crippen molar-refractivity contribution in [1.82, 2.24) is 5.32 Å². The molecule has 0 aromatic heterocycles. The normalized spacial score (nSPS) is 23.2. The largest absolute Gasteiger partial charge is 0.484 e. The van der Waals surface area contributed by atoms with E-state index < -0.39 is 15.4 Å². The number of carbonyl (C=O) groups is 1. The van der Waals surface area contributed by atoms with Gasteiger partial charge in [-0.3, -0.25) is 4.79 Å². The molecule has 1 aliphatic heterocycles. The van der Waals surface area contributed by atoms with Gasteiger partial charge in [-0.25, -0.2) is 8.42 Å². The van der Waals surface area contributed by atoms with Crippen molar-refractivity contribution in [1.29, 1.82) is 5.26 Å². The van der Waals surface area contributed by atoms with E-state index in [1.165, 1.54) is 0 Å². The number of amides is 1. The van der Waals surface area contributed by atoms with Crippen LogP contribution in [0.2, 0.25) is 0 Å². The first kappa shape index (κ1) is 15.3. The average Bonchev–Trinajstić information content (AvgIpc) is 2.70. The zero-order chi connectivity index (χ0) is 15.5. The fourth-order valence-corrected chi connectivity index (χ4v) is 4.35. The first-order valence-corrected chi connectivity index (χ1v) is 8.28. The Labute approximate surface area is 123 Å². The van der Waals surface area contributed by atoms with Gasteiger partial charge in [0.05, 0.1) is 28.7 Å². The topological polar surface area (TPSA) is 96.3 Å². The summed E-state index contributed by atoms with van der Waals surface area (Å²) >= 11 is 0. The molecule has 0 aliphatic carbocycles. The van der Waals surface area contributed by atoms with Gasteiger partial charge in [-0.2, -0.15) is 5.26 Å². The van der Waals surface area contributed by atoms with Crippen molar-refractivity contribution in [2.45, 2.75) is 18.9 Å². The Morgan fingerprint density at radius 1 is 1.43 bits per heavy atom. The third-order valence-corrected chi connectivity index (χ3v) is 5.20. The first-order valence-electron chi connectivity index (χ1n) is 6.46. The molecule has 1 amide bonds. The van der Waals surface area contributed by atoms with E-state index in [1.807, 2.05) is 6.07 Å². The van der Waals surface area contributed by atoms with Crippen LogP contribution < -0.4 is 10.1 Å². The molecule has 1 fully saturated rings. The second-order valence-corrected chi connectivity index (χ2v) is 7.56. The van der Waals surface area contributed by atoms with Gasteiger partial charge in [0.25, 0.3) is 5.91 Å². The SMILES string of the molecule is CC1(NC(=O)COc2ccc(C#N)cc2)CCS(=O)(=O)C1. The Kier molecular flexibility index (Phi) is 4.19. The molecule has 1 N–H and O–H groups in total. The van der Waals surface area contributed by atoms with Crippen LogP contribution in [-0.4, -0.2) is 38.0 Å². The van der Waals surface area contributed by atoms with Gasteiger partial charge in [-0.1, -0.05) is 0 Å². The van der Waals surface area contributed by atoms with Crippen LogP contribution in [-0.2, 0) is 14.6 Å². The molecule has 1 heterocycles. The van der Waals surface area contributed by atoms with E-state index in [4.69, 9.17) is 10.00 Å². The molecule has 6 nitrogen and oxygen atoms in total. The van der Waals surface area contributed by atoms with Crippen LogP contribution in [0.4, 0.5) is 0 Å². The molecule has 0 spiro atoms. The highest BCUT2D eigenvalue weighted by molar-refractivity contribution is 7.91. The third kappa shape index (κ3) is 4.20. The monoisotopic (exact) mass is 308 g/mol. The quantitative estimate of drug-likeness (QED) is 0.880. The fraction of sp³-hybridized carbons (Fsp3) is 0.429. The lowest BCUT2D eigenvalue weighted by molar-refractivity contribution is -0.124. The number of hydrogen-bond acceptors (Lipinski definition) is 5. The highest BCUT2D eigenvalue weighted by Gasteiger charge is 2.39. The molecule has 2 rings (SSSR count). The molecule has 7 heteroatoms. The van der Waals surface area contributed by atoms with Crippen molar-refractivity contribution in [2.24, 2.45) is 0 Å². The predicted octanol–water partition coefficient (Wildman–Crippen LogP) is 0.630. The number of hydrogen-bond donors (Lipinski definition) is 1. The van der Waals surface area contributed by atoms with E-state index in [9.17, 15) is 13.2 Å². The number of rotatable bonds is 4. The molecular formula is C14H16N2O4S. The summed E-state index contributed by atoms with van der Waals surface area (Å²) in [6, 6.07) is 8.39. The van der Waals surface area contributed by atoms with E-state index in [0.717, 1.165) is 0 Å². The number of sulfone groups is 1. The van der Waals surface area contributed by atoms with Gasteiger partial charge in [-0.15, -0.1) is 0 Å². The Bertz CT molecular complexity index is 676. The average molecular weight is 308 g/mol. The van der Waals surface area contributed by atoms with Crippen LogP contribution in [0.25, 0.3) is 0 Å². The molecule has 1 atom stereocenters. The Morgan fingerprint density at radius 3 is 2.62 bits per heavy atom. The summed E-state index contributed by atoms with van der Waals surface area (Å²) in [7, 11) is -3.06. The van der Waals surface area contributed by atoms with E-state index in [1.54, 1.807) is 31.2 Å². The number of nitriles is 1. The number of benzene rings is 1. The maximum Gasteiger partial charge on any atom is 0.258 e. The zero-order valence-corrected chi connectivity index (χ0v) is 12.4. The lowest BCUT2D eigenvalue weighted by atomic mass is 10.0. The fourth-order valence-electron chi connectivity index (χ4n) is 2.26. The smallest absolute Gasteiger partial charge is 0.258 e. The van der Waals surface area contributed by atoms with Crippen molar-refractivity contribution in [3.05, 3.63) is 29.8 Å². The summed E-state index contributed by atoms with van der Waals surface area (Å²) in [5.41, 5.74) is -0.209. The first-order chi connectivity index (χ1) is 9.82. The van der Waals surface area contributed by atoms with Gasteiger partial charge in [-0.05, 0) is 37.6 Å². The lowest BCUT2D eigenvalue weighted by Crippen LogP contribution is -2.48. The van der Waals surface area contributed by atoms with E-state index in [0.29, 0.717) is 17.7 Å². The van der Waals surface area contributed by atoms with Crippen LogP contribution in [0.1, 0.15) is 18.9 Å². The Morgan fingerprint density at radius 2 is 2.10 bits per heavy atom. The van der Waals surface area contributed by atoms with Gasteiger partial charge in [0.1, 0.15) is 5.75 Å². The van der Waals surface area contributed by atoms with Gasteiger partial charge < -0.3 is 10.1 Å². The van der Waals surface area contributed by atoms with Gasteiger partial charge in [0.15, 0.2) is 16.4 Å². The number of ether oxygens (including phenoxy) is 1. The highest BCUT2D eigenvalue weighted by atomic mass is 32.2. The minimum Gasteiger partial charge on any atom is -0.484 e. The Hall–Kier alpha value is -2.07. The maximum absolute atomic E-state index is 11.8. The summed E-state index contributed by atoms with van der Waals surface area (Å²) in [5.74, 6) is 0.176. The number of nitrogens with zero attached hydrogens (tertiary/aromatic N) is 1. The maximum atomic E-state index is 11.8. The highest BCUT2D eigenvalue weighted by Crippen LogP contribution is 2.22. The molecule has 1 aromatic rings.